The number of nitrogens with one attached hydrogen (secondary N) is 2. The van der Waals surface area contributed by atoms with Gasteiger partial charge in [-0.15, -0.1) is 11.3 Å². The molecule has 0 spiro atoms. The van der Waals surface area contributed by atoms with Crippen LogP contribution < -0.4 is 15.5 Å². The minimum absolute atomic E-state index is 0.164. The Morgan fingerprint density at radius 3 is 2.46 bits per heavy atom. The fourth-order valence-electron chi connectivity index (χ4n) is 3.03. The molecule has 0 saturated heterocycles. The summed E-state index contributed by atoms with van der Waals surface area (Å²) < 4.78 is 19.7. The number of halogens is 2. The molecule has 1 heterocycles. The van der Waals surface area contributed by atoms with Gasteiger partial charge in [-0.1, -0.05) is 41.9 Å². The van der Waals surface area contributed by atoms with Gasteiger partial charge in [0.15, 0.2) is 0 Å². The molecule has 1 aromatic heterocycles. The van der Waals surface area contributed by atoms with Gasteiger partial charge >= 0.3 is 5.97 Å². The number of amides is 2. The van der Waals surface area contributed by atoms with Crippen LogP contribution in [0.4, 0.5) is 4.39 Å². The van der Waals surface area contributed by atoms with Crippen molar-refractivity contribution >= 4 is 57.0 Å². The van der Waals surface area contributed by atoms with Crippen molar-refractivity contribution in [2.24, 2.45) is 5.10 Å². The highest BCUT2D eigenvalue weighted by Gasteiger charge is 2.17. The Hall–Kier alpha value is -4.08. The molecule has 0 saturated carbocycles. The van der Waals surface area contributed by atoms with Gasteiger partial charge in [-0.3, -0.25) is 9.59 Å². The van der Waals surface area contributed by atoms with E-state index in [1.807, 2.05) is 24.3 Å². The van der Waals surface area contributed by atoms with E-state index in [1.165, 1.54) is 53.9 Å². The van der Waals surface area contributed by atoms with Crippen LogP contribution in [0, 0.1) is 5.82 Å². The van der Waals surface area contributed by atoms with E-state index in [0.29, 0.717) is 15.5 Å². The summed E-state index contributed by atoms with van der Waals surface area (Å²) in [5.74, 6) is -2.23. The normalized spacial score (nSPS) is 10.9. The molecule has 10 heteroatoms. The van der Waals surface area contributed by atoms with E-state index in [9.17, 15) is 18.8 Å². The number of hydrogen-bond acceptors (Lipinski definition) is 6. The summed E-state index contributed by atoms with van der Waals surface area (Å²) in [5, 5.41) is 7.49. The molecule has 2 N–H and O–H groups in total. The quantitative estimate of drug-likeness (QED) is 0.162. The van der Waals surface area contributed by atoms with Crippen LogP contribution in [0.5, 0.6) is 5.75 Å². The van der Waals surface area contributed by atoms with Crippen LogP contribution in [0.25, 0.3) is 10.1 Å². The number of benzene rings is 3. The minimum Gasteiger partial charge on any atom is -0.423 e. The zero-order valence-corrected chi connectivity index (χ0v) is 19.5. The Labute approximate surface area is 208 Å². The summed E-state index contributed by atoms with van der Waals surface area (Å²) in [4.78, 5) is 36.8. The predicted octanol–water partition coefficient (Wildman–Crippen LogP) is 4.79. The summed E-state index contributed by atoms with van der Waals surface area (Å²) in [7, 11) is 0. The van der Waals surface area contributed by atoms with Gasteiger partial charge in [0.1, 0.15) is 16.4 Å². The van der Waals surface area contributed by atoms with Crippen LogP contribution in [0.15, 0.2) is 77.9 Å². The molecule has 0 aliphatic rings. The SMILES string of the molecule is O=C(CNC(=O)c1sc2ccccc2c1Cl)N/N=C\c1ccc(OC(=O)c2ccccc2F)cc1. The summed E-state index contributed by atoms with van der Waals surface area (Å²) in [6.07, 6.45) is 1.38. The maximum absolute atomic E-state index is 13.7. The molecule has 0 bridgehead atoms. The Morgan fingerprint density at radius 1 is 1.00 bits per heavy atom. The van der Waals surface area contributed by atoms with Gasteiger partial charge in [-0.05, 0) is 48.0 Å². The largest absolute Gasteiger partial charge is 0.423 e. The first kappa shape index (κ1) is 24.1. The molecule has 176 valence electrons. The zero-order chi connectivity index (χ0) is 24.8. The third-order valence-corrected chi connectivity index (χ3v) is 6.41. The average Bonchev–Trinajstić information content (AvgIpc) is 3.20. The summed E-state index contributed by atoms with van der Waals surface area (Å²) in [6.45, 7) is -0.286. The Kier molecular flexibility index (Phi) is 7.49. The smallest absolute Gasteiger partial charge is 0.346 e. The van der Waals surface area contributed by atoms with Crippen molar-refractivity contribution in [1.82, 2.24) is 10.7 Å². The lowest BCUT2D eigenvalue weighted by Crippen LogP contribution is -2.34. The van der Waals surface area contributed by atoms with E-state index < -0.39 is 23.6 Å². The van der Waals surface area contributed by atoms with Crippen LogP contribution in [0.3, 0.4) is 0 Å². The number of esters is 1. The van der Waals surface area contributed by atoms with Gasteiger partial charge in [0.25, 0.3) is 11.8 Å². The van der Waals surface area contributed by atoms with Crippen molar-refractivity contribution in [1.29, 1.82) is 0 Å². The monoisotopic (exact) mass is 509 g/mol. The lowest BCUT2D eigenvalue weighted by molar-refractivity contribution is -0.120. The zero-order valence-electron chi connectivity index (χ0n) is 18.0. The second-order valence-corrected chi connectivity index (χ2v) is 8.59. The van der Waals surface area contributed by atoms with Crippen molar-refractivity contribution in [3.05, 3.63) is 99.6 Å². The van der Waals surface area contributed by atoms with Crippen molar-refractivity contribution in [2.45, 2.75) is 0 Å². The third kappa shape index (κ3) is 5.89. The first-order valence-corrected chi connectivity index (χ1v) is 11.5. The third-order valence-electron chi connectivity index (χ3n) is 4.74. The minimum atomic E-state index is -0.809. The van der Waals surface area contributed by atoms with Crippen LogP contribution in [0.2, 0.25) is 5.02 Å². The van der Waals surface area contributed by atoms with E-state index >= 15 is 0 Å². The molecule has 3 aromatic carbocycles. The standard InChI is InChI=1S/C25H17ClFN3O4S/c26-22-18-6-2-4-8-20(18)35-23(22)24(32)28-14-21(31)30-29-13-15-9-11-16(12-10-15)34-25(33)17-5-1-3-7-19(17)27/h1-13H,14H2,(H,28,32)(H,30,31)/b29-13-. The Morgan fingerprint density at radius 2 is 1.71 bits per heavy atom. The highest BCUT2D eigenvalue weighted by molar-refractivity contribution is 7.21. The fraction of sp³-hybridized carbons (Fsp3) is 0.0400. The lowest BCUT2D eigenvalue weighted by atomic mass is 10.2. The summed E-state index contributed by atoms with van der Waals surface area (Å²) >= 11 is 7.52. The van der Waals surface area contributed by atoms with Gasteiger partial charge in [-0.25, -0.2) is 14.6 Å². The van der Waals surface area contributed by atoms with E-state index in [4.69, 9.17) is 16.3 Å². The fourth-order valence-corrected chi connectivity index (χ4v) is 4.46. The molecule has 0 radical (unpaired) electrons. The van der Waals surface area contributed by atoms with Crippen LogP contribution in [-0.4, -0.2) is 30.5 Å². The molecular formula is C25H17ClFN3O4S. The average molecular weight is 510 g/mol. The summed E-state index contributed by atoms with van der Waals surface area (Å²) in [5.41, 5.74) is 2.76. The molecule has 35 heavy (non-hydrogen) atoms. The molecule has 0 atom stereocenters. The summed E-state index contributed by atoms with van der Waals surface area (Å²) in [6, 6.07) is 19.1. The first-order valence-electron chi connectivity index (χ1n) is 10.3. The number of hydrogen-bond donors (Lipinski definition) is 2. The molecule has 0 aliphatic carbocycles. The highest BCUT2D eigenvalue weighted by atomic mass is 35.5. The van der Waals surface area contributed by atoms with Crippen molar-refractivity contribution in [2.75, 3.05) is 6.54 Å². The number of carbonyl (C=O) groups excluding carboxylic acids is 3. The molecule has 7 nitrogen and oxygen atoms in total. The Bertz CT molecular complexity index is 1440. The van der Waals surface area contributed by atoms with E-state index in [0.717, 1.165) is 10.1 Å². The van der Waals surface area contributed by atoms with Crippen molar-refractivity contribution in [3.8, 4) is 5.75 Å². The van der Waals surface area contributed by atoms with E-state index in [1.54, 1.807) is 12.1 Å². The number of rotatable bonds is 7. The van der Waals surface area contributed by atoms with Gasteiger partial charge < -0.3 is 10.1 Å². The number of thiophene rings is 1. The van der Waals surface area contributed by atoms with Gasteiger partial charge in [0, 0.05) is 10.1 Å². The molecular weight excluding hydrogens is 493 g/mol. The molecule has 0 fully saturated rings. The number of ether oxygens (including phenoxy) is 1. The molecule has 4 rings (SSSR count). The topological polar surface area (TPSA) is 96.9 Å². The molecule has 4 aromatic rings. The molecule has 0 unspecified atom stereocenters. The van der Waals surface area contributed by atoms with Crippen molar-refractivity contribution in [3.63, 3.8) is 0 Å². The predicted molar refractivity (Wildman–Crippen MR) is 133 cm³/mol. The number of carbonyl (C=O) groups is 3. The Balaban J connectivity index is 1.26. The molecule has 2 amide bonds. The van der Waals surface area contributed by atoms with Gasteiger partial charge in [0.2, 0.25) is 0 Å². The number of hydrazone groups is 1. The highest BCUT2D eigenvalue weighted by Crippen LogP contribution is 2.34. The van der Waals surface area contributed by atoms with Crippen LogP contribution in [-0.2, 0) is 4.79 Å². The maximum atomic E-state index is 13.7. The van der Waals surface area contributed by atoms with Gasteiger partial charge in [0.05, 0.1) is 23.3 Å². The maximum Gasteiger partial charge on any atom is 0.346 e. The van der Waals surface area contributed by atoms with E-state index in [-0.39, 0.29) is 17.9 Å². The molecule has 0 aliphatic heterocycles. The number of fused-ring (bicyclic) bond motifs is 1. The number of nitrogens with zero attached hydrogens (tertiary/aromatic N) is 1. The van der Waals surface area contributed by atoms with E-state index in [2.05, 4.69) is 15.8 Å². The second kappa shape index (κ2) is 10.9. The second-order valence-electron chi connectivity index (χ2n) is 7.16. The lowest BCUT2D eigenvalue weighted by Gasteiger charge is -2.05. The van der Waals surface area contributed by atoms with Crippen LogP contribution in [0.1, 0.15) is 25.6 Å². The van der Waals surface area contributed by atoms with Crippen molar-refractivity contribution < 1.29 is 23.5 Å². The first-order chi connectivity index (χ1) is 16.9. The van der Waals surface area contributed by atoms with Crippen LogP contribution >= 0.6 is 22.9 Å². The van der Waals surface area contributed by atoms with Gasteiger partial charge in [-0.2, -0.15) is 5.10 Å².